The van der Waals surface area contributed by atoms with E-state index in [1.54, 1.807) is 24.6 Å². The minimum absolute atomic E-state index is 0.585. The summed E-state index contributed by atoms with van der Waals surface area (Å²) in [6.45, 7) is 2.00. The Bertz CT molecular complexity index is 990. The summed E-state index contributed by atoms with van der Waals surface area (Å²) >= 11 is 1.55. The molecular formula is C17H15N5OS. The first-order valence-corrected chi connectivity index (χ1v) is 8.29. The van der Waals surface area contributed by atoms with Gasteiger partial charge in [0, 0.05) is 17.6 Å². The van der Waals surface area contributed by atoms with Crippen molar-refractivity contribution in [2.24, 2.45) is 0 Å². The van der Waals surface area contributed by atoms with Crippen molar-refractivity contribution in [1.29, 1.82) is 0 Å². The third-order valence-electron chi connectivity index (χ3n) is 3.65. The van der Waals surface area contributed by atoms with Gasteiger partial charge in [-0.05, 0) is 25.1 Å². The standard InChI is InChI=1S/C17H15N5OS/c1-11-16(22-8-4-3-5-14(22)19-11)13-10-24-17(21-13)20-12-6-7-15(23-2)18-9-12/h3-10H,1-2H3,(H,20,21). The maximum absolute atomic E-state index is 5.06. The third-order valence-corrected chi connectivity index (χ3v) is 4.41. The number of thiazole rings is 1. The SMILES string of the molecule is COc1ccc(Nc2nc(-c3c(C)nc4ccccn34)cs2)cn1. The molecule has 0 radical (unpaired) electrons. The Hall–Kier alpha value is -2.93. The summed E-state index contributed by atoms with van der Waals surface area (Å²) in [4.78, 5) is 13.5. The molecule has 0 spiro atoms. The third kappa shape index (κ3) is 2.59. The van der Waals surface area contributed by atoms with Gasteiger partial charge in [0.2, 0.25) is 5.88 Å². The van der Waals surface area contributed by atoms with Gasteiger partial charge in [-0.15, -0.1) is 11.3 Å². The number of anilines is 2. The Morgan fingerprint density at radius 1 is 1.17 bits per heavy atom. The second-order valence-electron chi connectivity index (χ2n) is 5.23. The highest BCUT2D eigenvalue weighted by Crippen LogP contribution is 2.29. The topological polar surface area (TPSA) is 64.3 Å². The van der Waals surface area contributed by atoms with Crippen molar-refractivity contribution in [1.82, 2.24) is 19.4 Å². The van der Waals surface area contributed by atoms with Crippen molar-refractivity contribution in [2.75, 3.05) is 12.4 Å². The molecule has 0 aliphatic rings. The molecule has 0 aromatic carbocycles. The summed E-state index contributed by atoms with van der Waals surface area (Å²) < 4.78 is 7.12. The number of aromatic nitrogens is 4. The van der Waals surface area contributed by atoms with E-state index in [9.17, 15) is 0 Å². The monoisotopic (exact) mass is 337 g/mol. The molecule has 0 aliphatic heterocycles. The van der Waals surface area contributed by atoms with E-state index >= 15 is 0 Å². The average molecular weight is 337 g/mol. The maximum atomic E-state index is 5.06. The lowest BCUT2D eigenvalue weighted by Crippen LogP contribution is -1.93. The van der Waals surface area contributed by atoms with Gasteiger partial charge < -0.3 is 10.1 Å². The molecule has 120 valence electrons. The van der Waals surface area contributed by atoms with Crippen molar-refractivity contribution in [3.05, 3.63) is 53.8 Å². The number of nitrogens with zero attached hydrogens (tertiary/aromatic N) is 4. The number of hydrogen-bond acceptors (Lipinski definition) is 6. The highest BCUT2D eigenvalue weighted by Gasteiger charge is 2.14. The Morgan fingerprint density at radius 3 is 2.88 bits per heavy atom. The lowest BCUT2D eigenvalue weighted by atomic mass is 10.3. The summed E-state index contributed by atoms with van der Waals surface area (Å²) in [6, 6.07) is 9.69. The number of aryl methyl sites for hydroxylation is 1. The number of rotatable bonds is 4. The first kappa shape index (κ1) is 14.6. The van der Waals surface area contributed by atoms with Crippen LogP contribution in [0.5, 0.6) is 5.88 Å². The Balaban J connectivity index is 1.65. The molecule has 0 atom stereocenters. The van der Waals surface area contributed by atoms with Crippen molar-refractivity contribution < 1.29 is 4.74 Å². The number of methoxy groups -OCH3 is 1. The fourth-order valence-electron chi connectivity index (χ4n) is 2.56. The van der Waals surface area contributed by atoms with Crippen LogP contribution in [0.3, 0.4) is 0 Å². The fourth-order valence-corrected chi connectivity index (χ4v) is 3.28. The number of pyridine rings is 2. The summed E-state index contributed by atoms with van der Waals surface area (Å²) in [7, 11) is 1.60. The molecule has 0 fully saturated rings. The van der Waals surface area contributed by atoms with Crippen LogP contribution >= 0.6 is 11.3 Å². The van der Waals surface area contributed by atoms with E-state index in [0.29, 0.717) is 5.88 Å². The van der Waals surface area contributed by atoms with Crippen molar-refractivity contribution >= 4 is 27.8 Å². The van der Waals surface area contributed by atoms with E-state index in [2.05, 4.69) is 24.7 Å². The van der Waals surface area contributed by atoms with Crippen LogP contribution in [0, 0.1) is 6.92 Å². The van der Waals surface area contributed by atoms with E-state index in [1.807, 2.05) is 48.8 Å². The molecule has 0 saturated heterocycles. The number of fused-ring (bicyclic) bond motifs is 1. The normalized spacial score (nSPS) is 10.9. The Morgan fingerprint density at radius 2 is 2.08 bits per heavy atom. The summed E-state index contributed by atoms with van der Waals surface area (Å²) in [5, 5.41) is 6.10. The van der Waals surface area contributed by atoms with Crippen LogP contribution in [0.4, 0.5) is 10.8 Å². The van der Waals surface area contributed by atoms with Crippen molar-refractivity contribution in [3.63, 3.8) is 0 Å². The number of nitrogens with one attached hydrogen (secondary N) is 1. The zero-order valence-corrected chi connectivity index (χ0v) is 14.0. The first-order chi connectivity index (χ1) is 11.7. The van der Waals surface area contributed by atoms with Crippen LogP contribution in [0.2, 0.25) is 0 Å². The minimum Gasteiger partial charge on any atom is -0.481 e. The van der Waals surface area contributed by atoms with E-state index in [0.717, 1.165) is 33.5 Å². The molecule has 1 N–H and O–H groups in total. The average Bonchev–Trinajstić information content (AvgIpc) is 3.18. The fraction of sp³-hybridized carbons (Fsp3) is 0.118. The van der Waals surface area contributed by atoms with Gasteiger partial charge in [-0.1, -0.05) is 6.07 Å². The highest BCUT2D eigenvalue weighted by molar-refractivity contribution is 7.14. The van der Waals surface area contributed by atoms with Gasteiger partial charge in [0.1, 0.15) is 11.3 Å². The van der Waals surface area contributed by atoms with E-state index in [1.165, 1.54) is 0 Å². The molecular weight excluding hydrogens is 322 g/mol. The lowest BCUT2D eigenvalue weighted by molar-refractivity contribution is 0.398. The minimum atomic E-state index is 0.585. The summed E-state index contributed by atoms with van der Waals surface area (Å²) in [6.07, 6.45) is 3.73. The molecule has 4 aromatic rings. The van der Waals surface area contributed by atoms with Crippen molar-refractivity contribution in [2.45, 2.75) is 6.92 Å². The highest BCUT2D eigenvalue weighted by atomic mass is 32.1. The molecule has 4 aromatic heterocycles. The number of ether oxygens (including phenoxy) is 1. The predicted molar refractivity (Wildman–Crippen MR) is 95.1 cm³/mol. The largest absolute Gasteiger partial charge is 0.481 e. The van der Waals surface area contributed by atoms with Gasteiger partial charge in [-0.25, -0.2) is 15.0 Å². The predicted octanol–water partition coefficient (Wildman–Crippen LogP) is 3.91. The zero-order chi connectivity index (χ0) is 16.5. The van der Waals surface area contributed by atoms with E-state index in [-0.39, 0.29) is 0 Å². The molecule has 7 heteroatoms. The van der Waals surface area contributed by atoms with Gasteiger partial charge in [0.15, 0.2) is 5.13 Å². The lowest BCUT2D eigenvalue weighted by Gasteiger charge is -2.03. The number of imidazole rings is 1. The van der Waals surface area contributed by atoms with Crippen LogP contribution in [0.15, 0.2) is 48.1 Å². The summed E-state index contributed by atoms with van der Waals surface area (Å²) in [5.74, 6) is 0.585. The molecule has 0 aliphatic carbocycles. The molecule has 0 unspecified atom stereocenters. The quantitative estimate of drug-likeness (QED) is 0.611. The van der Waals surface area contributed by atoms with Crippen LogP contribution in [0.1, 0.15) is 5.69 Å². The molecule has 4 rings (SSSR count). The summed E-state index contributed by atoms with van der Waals surface area (Å²) in [5.41, 5.74) is 4.67. The van der Waals surface area contributed by atoms with Crippen LogP contribution in [0.25, 0.3) is 17.0 Å². The zero-order valence-electron chi connectivity index (χ0n) is 13.2. The smallest absolute Gasteiger partial charge is 0.213 e. The van der Waals surface area contributed by atoms with Crippen LogP contribution in [-0.2, 0) is 0 Å². The van der Waals surface area contributed by atoms with Gasteiger partial charge in [0.05, 0.1) is 30.4 Å². The van der Waals surface area contributed by atoms with Gasteiger partial charge in [-0.3, -0.25) is 4.40 Å². The maximum Gasteiger partial charge on any atom is 0.213 e. The number of hydrogen-bond donors (Lipinski definition) is 1. The van der Waals surface area contributed by atoms with Crippen LogP contribution < -0.4 is 10.1 Å². The first-order valence-electron chi connectivity index (χ1n) is 7.41. The second kappa shape index (κ2) is 5.93. The van der Waals surface area contributed by atoms with Crippen LogP contribution in [-0.4, -0.2) is 26.5 Å². The Labute approximate surface area is 142 Å². The van der Waals surface area contributed by atoms with Gasteiger partial charge in [0.25, 0.3) is 0 Å². The molecule has 6 nitrogen and oxygen atoms in total. The molecule has 24 heavy (non-hydrogen) atoms. The van der Waals surface area contributed by atoms with Crippen molar-refractivity contribution in [3.8, 4) is 17.3 Å². The van der Waals surface area contributed by atoms with Gasteiger partial charge >= 0.3 is 0 Å². The Kier molecular flexibility index (Phi) is 3.62. The second-order valence-corrected chi connectivity index (χ2v) is 6.08. The molecule has 0 saturated carbocycles. The molecule has 0 amide bonds. The van der Waals surface area contributed by atoms with E-state index in [4.69, 9.17) is 4.74 Å². The van der Waals surface area contributed by atoms with Gasteiger partial charge in [-0.2, -0.15) is 0 Å². The van der Waals surface area contributed by atoms with E-state index < -0.39 is 0 Å². The molecule has 4 heterocycles. The molecule has 0 bridgehead atoms.